The third-order valence-electron chi connectivity index (χ3n) is 2.58. The van der Waals surface area contributed by atoms with E-state index in [2.05, 4.69) is 20.2 Å². The van der Waals surface area contributed by atoms with E-state index in [-0.39, 0.29) is 5.95 Å². The summed E-state index contributed by atoms with van der Waals surface area (Å²) in [7, 11) is 0. The van der Waals surface area contributed by atoms with Crippen LogP contribution < -0.4 is 10.5 Å². The molecule has 3 N–H and O–H groups in total. The lowest BCUT2D eigenvalue weighted by atomic mass is 10.2. The monoisotopic (exact) mass is 275 g/mol. The van der Waals surface area contributed by atoms with Gasteiger partial charge in [-0.25, -0.2) is 0 Å². The molecule has 3 rings (SSSR count). The summed E-state index contributed by atoms with van der Waals surface area (Å²) in [6.45, 7) is 0.369. The topological polar surface area (TPSA) is 89.7 Å². The van der Waals surface area contributed by atoms with Gasteiger partial charge in [-0.05, 0) is 17.7 Å². The van der Waals surface area contributed by atoms with Crippen molar-refractivity contribution < 1.29 is 4.74 Å². The van der Waals surface area contributed by atoms with Crippen molar-refractivity contribution in [1.82, 2.24) is 20.2 Å². The summed E-state index contributed by atoms with van der Waals surface area (Å²) in [5.74, 6) is 0.550. The lowest BCUT2D eigenvalue weighted by Gasteiger charge is -2.06. The molecule has 0 aliphatic rings. The summed E-state index contributed by atoms with van der Waals surface area (Å²) in [5.41, 5.74) is 7.14. The second kappa shape index (κ2) is 4.74. The number of rotatable bonds is 3. The molecule has 0 radical (unpaired) electrons. The van der Waals surface area contributed by atoms with Crippen LogP contribution in [0.15, 0.2) is 30.5 Å². The molecule has 0 spiro atoms. The Kier molecular flexibility index (Phi) is 2.92. The molecule has 6 nitrogen and oxygen atoms in total. The van der Waals surface area contributed by atoms with Crippen LogP contribution >= 0.6 is 11.6 Å². The number of fused-ring (bicyclic) bond motifs is 1. The molecule has 1 aromatic carbocycles. The van der Waals surface area contributed by atoms with Gasteiger partial charge in [-0.2, -0.15) is 15.1 Å². The number of benzene rings is 1. The second-order valence-electron chi connectivity index (χ2n) is 3.93. The van der Waals surface area contributed by atoms with Crippen molar-refractivity contribution in [2.24, 2.45) is 0 Å². The number of hydrogen-bond acceptors (Lipinski definition) is 5. The molecule has 0 atom stereocenters. The Morgan fingerprint density at radius 2 is 2.00 bits per heavy atom. The molecule has 0 amide bonds. The van der Waals surface area contributed by atoms with E-state index in [0.717, 1.165) is 5.56 Å². The lowest BCUT2D eigenvalue weighted by molar-refractivity contribution is 0.298. The van der Waals surface area contributed by atoms with Crippen LogP contribution in [0.3, 0.4) is 0 Å². The maximum absolute atomic E-state index is 5.82. The number of H-pyrrole nitrogens is 1. The second-order valence-corrected chi connectivity index (χ2v) is 4.37. The fourth-order valence-corrected chi connectivity index (χ4v) is 1.79. The van der Waals surface area contributed by atoms with Gasteiger partial charge in [-0.3, -0.25) is 5.10 Å². The zero-order valence-electron chi connectivity index (χ0n) is 9.80. The fraction of sp³-hybridized carbons (Fsp3) is 0.0833. The van der Waals surface area contributed by atoms with Crippen LogP contribution in [0.1, 0.15) is 5.56 Å². The average molecular weight is 276 g/mol. The van der Waals surface area contributed by atoms with Gasteiger partial charge in [-0.1, -0.05) is 23.7 Å². The third kappa shape index (κ3) is 2.43. The van der Waals surface area contributed by atoms with Crippen molar-refractivity contribution in [3.63, 3.8) is 0 Å². The smallest absolute Gasteiger partial charge is 0.229 e. The van der Waals surface area contributed by atoms with E-state index in [1.165, 1.54) is 0 Å². The average Bonchev–Trinajstić information content (AvgIpc) is 2.85. The van der Waals surface area contributed by atoms with Gasteiger partial charge >= 0.3 is 0 Å². The standard InChI is InChI=1S/C12H10ClN5O/c13-8-3-1-7(2-4-8)6-19-11-9-5-15-18-10(9)16-12(14)17-11/h1-5H,6H2,(H3,14,15,16,17,18). The van der Waals surface area contributed by atoms with Crippen LogP contribution in [0.2, 0.25) is 5.02 Å². The minimum absolute atomic E-state index is 0.142. The molecular weight excluding hydrogens is 266 g/mol. The summed E-state index contributed by atoms with van der Waals surface area (Å²) in [6.07, 6.45) is 1.60. The number of nitrogen functional groups attached to an aromatic ring is 1. The van der Waals surface area contributed by atoms with Gasteiger partial charge in [0.1, 0.15) is 12.0 Å². The van der Waals surface area contributed by atoms with Crippen LogP contribution in [0.4, 0.5) is 5.95 Å². The van der Waals surface area contributed by atoms with E-state index < -0.39 is 0 Å². The van der Waals surface area contributed by atoms with Crippen molar-refractivity contribution in [3.8, 4) is 5.88 Å². The van der Waals surface area contributed by atoms with E-state index in [1.54, 1.807) is 6.20 Å². The zero-order chi connectivity index (χ0) is 13.2. The van der Waals surface area contributed by atoms with Crippen molar-refractivity contribution in [1.29, 1.82) is 0 Å². The first-order chi connectivity index (χ1) is 9.22. The lowest BCUT2D eigenvalue weighted by Crippen LogP contribution is -2.01. The Bertz CT molecular complexity index is 710. The molecule has 0 aliphatic heterocycles. The van der Waals surface area contributed by atoms with E-state index in [1.807, 2.05) is 24.3 Å². The van der Waals surface area contributed by atoms with Gasteiger partial charge in [0.05, 0.1) is 6.20 Å². The molecule has 0 fully saturated rings. The van der Waals surface area contributed by atoms with E-state index in [9.17, 15) is 0 Å². The summed E-state index contributed by atoms with van der Waals surface area (Å²) >= 11 is 5.82. The largest absolute Gasteiger partial charge is 0.472 e. The Morgan fingerprint density at radius 1 is 1.21 bits per heavy atom. The molecule has 19 heavy (non-hydrogen) atoms. The van der Waals surface area contributed by atoms with Crippen molar-refractivity contribution in [2.45, 2.75) is 6.61 Å². The summed E-state index contributed by atoms with van der Waals surface area (Å²) in [6, 6.07) is 7.39. The first-order valence-electron chi connectivity index (χ1n) is 5.56. The van der Waals surface area contributed by atoms with Crippen molar-refractivity contribution in [3.05, 3.63) is 41.0 Å². The van der Waals surface area contributed by atoms with Crippen LogP contribution in [-0.4, -0.2) is 20.2 Å². The number of aromatic nitrogens is 4. The molecule has 0 unspecified atom stereocenters. The first-order valence-corrected chi connectivity index (χ1v) is 5.94. The highest BCUT2D eigenvalue weighted by atomic mass is 35.5. The van der Waals surface area contributed by atoms with E-state index in [0.29, 0.717) is 28.5 Å². The predicted octanol–water partition coefficient (Wildman–Crippen LogP) is 2.17. The van der Waals surface area contributed by atoms with Gasteiger partial charge in [0.2, 0.25) is 11.8 Å². The number of ether oxygens (including phenoxy) is 1. The predicted molar refractivity (Wildman–Crippen MR) is 71.9 cm³/mol. The van der Waals surface area contributed by atoms with Crippen molar-refractivity contribution in [2.75, 3.05) is 5.73 Å². The normalized spacial score (nSPS) is 10.8. The Labute approximate surface area is 113 Å². The Hall–Kier alpha value is -2.34. The molecule has 7 heteroatoms. The zero-order valence-corrected chi connectivity index (χ0v) is 10.6. The van der Waals surface area contributed by atoms with Gasteiger partial charge < -0.3 is 10.5 Å². The highest BCUT2D eigenvalue weighted by Crippen LogP contribution is 2.22. The maximum atomic E-state index is 5.82. The Balaban J connectivity index is 1.85. The molecule has 2 aromatic heterocycles. The SMILES string of the molecule is Nc1nc(OCc2ccc(Cl)cc2)c2cn[nH]c2n1. The minimum Gasteiger partial charge on any atom is -0.472 e. The number of halogens is 1. The minimum atomic E-state index is 0.142. The number of nitrogens with zero attached hydrogens (tertiary/aromatic N) is 3. The molecule has 0 aliphatic carbocycles. The molecule has 96 valence electrons. The maximum Gasteiger partial charge on any atom is 0.229 e. The van der Waals surface area contributed by atoms with Crippen molar-refractivity contribution >= 4 is 28.6 Å². The van der Waals surface area contributed by atoms with E-state index >= 15 is 0 Å². The molecule has 0 saturated heterocycles. The third-order valence-corrected chi connectivity index (χ3v) is 2.83. The number of nitrogens with two attached hydrogens (primary N) is 1. The summed E-state index contributed by atoms with van der Waals surface area (Å²) < 4.78 is 5.65. The summed E-state index contributed by atoms with van der Waals surface area (Å²) in [5, 5.41) is 8.00. The van der Waals surface area contributed by atoms with Crippen LogP contribution in [0, 0.1) is 0 Å². The molecule has 0 bridgehead atoms. The number of nitrogens with one attached hydrogen (secondary N) is 1. The number of hydrogen-bond donors (Lipinski definition) is 2. The molecule has 0 saturated carbocycles. The first kappa shape index (κ1) is 11.7. The van der Waals surface area contributed by atoms with Crippen LogP contribution in [0.5, 0.6) is 5.88 Å². The van der Waals surface area contributed by atoms with Crippen LogP contribution in [-0.2, 0) is 6.61 Å². The van der Waals surface area contributed by atoms with Crippen LogP contribution in [0.25, 0.3) is 11.0 Å². The van der Waals surface area contributed by atoms with Gasteiger partial charge in [0, 0.05) is 5.02 Å². The number of anilines is 1. The molecule has 2 heterocycles. The summed E-state index contributed by atoms with van der Waals surface area (Å²) in [4.78, 5) is 8.08. The highest BCUT2D eigenvalue weighted by Gasteiger charge is 2.09. The van der Waals surface area contributed by atoms with Gasteiger partial charge in [0.15, 0.2) is 5.65 Å². The molecule has 3 aromatic rings. The highest BCUT2D eigenvalue weighted by molar-refractivity contribution is 6.30. The quantitative estimate of drug-likeness (QED) is 0.764. The van der Waals surface area contributed by atoms with E-state index in [4.69, 9.17) is 22.1 Å². The molecular formula is C12H10ClN5O. The van der Waals surface area contributed by atoms with Gasteiger partial charge in [-0.15, -0.1) is 0 Å². The fourth-order valence-electron chi connectivity index (χ4n) is 1.67. The Morgan fingerprint density at radius 3 is 2.79 bits per heavy atom. The number of aromatic amines is 1. The van der Waals surface area contributed by atoms with Gasteiger partial charge in [0.25, 0.3) is 0 Å².